The second-order valence-electron chi connectivity index (χ2n) is 6.03. The second-order valence-corrected chi connectivity index (χ2v) is 8.53. The predicted octanol–water partition coefficient (Wildman–Crippen LogP) is 5.64. The van der Waals surface area contributed by atoms with Gasteiger partial charge in [0.05, 0.1) is 5.69 Å². The van der Waals surface area contributed by atoms with Crippen LogP contribution in [0.15, 0.2) is 75.6 Å². The Balaban J connectivity index is 1.74. The Hall–Kier alpha value is -2.02. The molecule has 0 aromatic heterocycles. The molecule has 0 radical (unpaired) electrons. The Morgan fingerprint density at radius 3 is 2.23 bits per heavy atom. The molecule has 0 spiro atoms. The number of allylic oxidation sites excluding steroid dienone is 1. The fraction of sp³-hybridized carbons (Fsp3) is 0.100. The minimum absolute atomic E-state index is 0.0598. The Labute approximate surface area is 166 Å². The molecular weight excluding hydrogens is 380 g/mol. The Bertz CT molecular complexity index is 949. The van der Waals surface area contributed by atoms with Gasteiger partial charge in [0, 0.05) is 11.4 Å². The van der Waals surface area contributed by atoms with Crippen molar-refractivity contribution in [1.82, 2.24) is 0 Å². The highest BCUT2D eigenvalue weighted by Gasteiger charge is 2.38. The third-order valence-electron chi connectivity index (χ3n) is 4.17. The Morgan fingerprint density at radius 1 is 0.885 bits per heavy atom. The molecule has 1 amide bonds. The van der Waals surface area contributed by atoms with E-state index in [1.807, 2.05) is 68.4 Å². The van der Waals surface area contributed by atoms with Gasteiger partial charge >= 0.3 is 0 Å². The summed E-state index contributed by atoms with van der Waals surface area (Å²) in [4.78, 5) is 17.6. The number of hydrogen-bond donors (Lipinski definition) is 0. The lowest BCUT2D eigenvalue weighted by Gasteiger charge is -2.22. The van der Waals surface area contributed by atoms with Gasteiger partial charge in [-0.1, -0.05) is 71.6 Å². The number of anilines is 2. The largest absolute Gasteiger partial charge is 0.307 e. The highest BCUT2D eigenvalue weighted by atomic mass is 32.2. The number of hydrogen-bond acceptors (Lipinski definition) is 5. The maximum Gasteiger partial charge on any atom is 0.273 e. The van der Waals surface area contributed by atoms with E-state index in [0.717, 1.165) is 27.7 Å². The first-order valence-corrected chi connectivity index (χ1v) is 10.2. The van der Waals surface area contributed by atoms with Gasteiger partial charge in [-0.2, -0.15) is 0 Å². The smallest absolute Gasteiger partial charge is 0.273 e. The van der Waals surface area contributed by atoms with Crippen molar-refractivity contribution in [3.8, 4) is 0 Å². The summed E-state index contributed by atoms with van der Waals surface area (Å²) >= 11 is 8.46. The molecule has 26 heavy (non-hydrogen) atoms. The first kappa shape index (κ1) is 17.4. The van der Waals surface area contributed by atoms with E-state index in [1.54, 1.807) is 16.7 Å². The van der Waals surface area contributed by atoms with E-state index in [-0.39, 0.29) is 5.91 Å². The molecule has 1 fully saturated rings. The van der Waals surface area contributed by atoms with Crippen molar-refractivity contribution < 1.29 is 4.79 Å². The normalized spacial score (nSPS) is 20.2. The summed E-state index contributed by atoms with van der Waals surface area (Å²) in [5.41, 5.74) is 4.10. The lowest BCUT2D eigenvalue weighted by Crippen LogP contribution is -2.28. The van der Waals surface area contributed by atoms with Crippen molar-refractivity contribution in [2.45, 2.75) is 13.8 Å². The number of amides is 1. The predicted molar refractivity (Wildman–Crippen MR) is 116 cm³/mol. The monoisotopic (exact) mass is 396 g/mol. The summed E-state index contributed by atoms with van der Waals surface area (Å²) in [6, 6.07) is 17.9. The standard InChI is InChI=1S/C20H16N2OS3/c1-13-8-10-16(11-9-13)22-18(23)17(26-20(22)24)19-21(14(2)12-25-19)15-6-4-3-5-7-15/h3-12H,1-2H3/b19-17+. The van der Waals surface area contributed by atoms with Crippen LogP contribution in [-0.2, 0) is 4.79 Å². The van der Waals surface area contributed by atoms with Crippen molar-refractivity contribution in [3.63, 3.8) is 0 Å². The molecule has 0 aliphatic carbocycles. The van der Waals surface area contributed by atoms with Crippen LogP contribution in [0.4, 0.5) is 11.4 Å². The molecule has 3 nitrogen and oxygen atoms in total. The highest BCUT2D eigenvalue weighted by molar-refractivity contribution is 8.27. The van der Waals surface area contributed by atoms with E-state index in [0.29, 0.717) is 9.23 Å². The quantitative estimate of drug-likeness (QED) is 0.483. The minimum atomic E-state index is -0.0598. The van der Waals surface area contributed by atoms with E-state index >= 15 is 0 Å². The van der Waals surface area contributed by atoms with Crippen LogP contribution in [0, 0.1) is 6.92 Å². The van der Waals surface area contributed by atoms with Crippen molar-refractivity contribution in [1.29, 1.82) is 0 Å². The van der Waals surface area contributed by atoms with Crippen LogP contribution in [-0.4, -0.2) is 10.2 Å². The van der Waals surface area contributed by atoms with Crippen LogP contribution in [0.2, 0.25) is 0 Å². The number of carbonyl (C=O) groups is 1. The molecule has 2 heterocycles. The lowest BCUT2D eigenvalue weighted by atomic mass is 10.2. The maximum atomic E-state index is 13.2. The van der Waals surface area contributed by atoms with Gasteiger partial charge in [-0.3, -0.25) is 9.69 Å². The molecule has 0 atom stereocenters. The third kappa shape index (κ3) is 2.98. The Kier molecular flexibility index (Phi) is 4.65. The topological polar surface area (TPSA) is 23.6 Å². The number of rotatable bonds is 2. The van der Waals surface area contributed by atoms with Gasteiger partial charge in [0.25, 0.3) is 5.91 Å². The number of benzene rings is 2. The van der Waals surface area contributed by atoms with E-state index in [1.165, 1.54) is 11.8 Å². The van der Waals surface area contributed by atoms with Crippen LogP contribution in [0.25, 0.3) is 0 Å². The average molecular weight is 397 g/mol. The molecule has 2 aliphatic rings. The summed E-state index contributed by atoms with van der Waals surface area (Å²) in [7, 11) is 0. The minimum Gasteiger partial charge on any atom is -0.307 e. The number of para-hydroxylation sites is 1. The lowest BCUT2D eigenvalue weighted by molar-refractivity contribution is -0.113. The van der Waals surface area contributed by atoms with Crippen molar-refractivity contribution in [2.75, 3.05) is 9.80 Å². The summed E-state index contributed by atoms with van der Waals surface area (Å²) < 4.78 is 0.569. The number of thioether (sulfide) groups is 2. The average Bonchev–Trinajstić information content (AvgIpc) is 3.16. The summed E-state index contributed by atoms with van der Waals surface area (Å²) in [5, 5.41) is 2.99. The zero-order valence-electron chi connectivity index (χ0n) is 14.3. The van der Waals surface area contributed by atoms with Gasteiger partial charge in [-0.15, -0.1) is 0 Å². The zero-order chi connectivity index (χ0) is 18.3. The summed E-state index contributed by atoms with van der Waals surface area (Å²) in [5.74, 6) is -0.0598. The molecule has 2 aromatic rings. The molecule has 0 unspecified atom stereocenters. The van der Waals surface area contributed by atoms with E-state index < -0.39 is 0 Å². The molecular formula is C20H16N2OS3. The van der Waals surface area contributed by atoms with Gasteiger partial charge in [0.15, 0.2) is 4.32 Å². The van der Waals surface area contributed by atoms with Crippen LogP contribution in [0.5, 0.6) is 0 Å². The third-order valence-corrected chi connectivity index (χ3v) is 6.73. The van der Waals surface area contributed by atoms with Gasteiger partial charge in [0.2, 0.25) is 0 Å². The molecule has 2 aliphatic heterocycles. The zero-order valence-corrected chi connectivity index (χ0v) is 16.8. The van der Waals surface area contributed by atoms with Gasteiger partial charge < -0.3 is 4.90 Å². The molecule has 1 saturated heterocycles. The van der Waals surface area contributed by atoms with Crippen LogP contribution >= 0.6 is 35.7 Å². The number of aryl methyl sites for hydroxylation is 1. The number of thiocarbonyl (C=S) groups is 1. The SMILES string of the molecule is CC1=CS/C(=C2/SC(=S)N(c3ccc(C)cc3)C2=O)N1c1ccccc1. The van der Waals surface area contributed by atoms with Crippen molar-refractivity contribution in [2.24, 2.45) is 0 Å². The molecule has 130 valence electrons. The van der Waals surface area contributed by atoms with E-state index in [4.69, 9.17) is 12.2 Å². The van der Waals surface area contributed by atoms with Crippen LogP contribution in [0.1, 0.15) is 12.5 Å². The van der Waals surface area contributed by atoms with Gasteiger partial charge in [-0.05, 0) is 43.5 Å². The highest BCUT2D eigenvalue weighted by Crippen LogP contribution is 2.46. The molecule has 2 aromatic carbocycles. The summed E-state index contributed by atoms with van der Waals surface area (Å²) in [6.07, 6.45) is 0. The molecule has 4 rings (SSSR count). The van der Waals surface area contributed by atoms with E-state index in [2.05, 4.69) is 10.3 Å². The number of nitrogens with zero attached hydrogens (tertiary/aromatic N) is 2. The Morgan fingerprint density at radius 2 is 1.54 bits per heavy atom. The fourth-order valence-electron chi connectivity index (χ4n) is 2.87. The van der Waals surface area contributed by atoms with Gasteiger partial charge in [-0.25, -0.2) is 0 Å². The van der Waals surface area contributed by atoms with Crippen LogP contribution in [0.3, 0.4) is 0 Å². The van der Waals surface area contributed by atoms with Crippen molar-refractivity contribution in [3.05, 3.63) is 81.2 Å². The van der Waals surface area contributed by atoms with Crippen molar-refractivity contribution >= 4 is 57.3 Å². The maximum absolute atomic E-state index is 13.2. The number of carbonyl (C=O) groups excluding carboxylic acids is 1. The second kappa shape index (κ2) is 6.95. The summed E-state index contributed by atoms with van der Waals surface area (Å²) in [6.45, 7) is 4.07. The fourth-order valence-corrected chi connectivity index (χ4v) is 5.33. The van der Waals surface area contributed by atoms with Gasteiger partial charge in [0.1, 0.15) is 9.93 Å². The van der Waals surface area contributed by atoms with Crippen LogP contribution < -0.4 is 9.80 Å². The molecule has 0 N–H and O–H groups in total. The first-order valence-electron chi connectivity index (χ1n) is 8.12. The van der Waals surface area contributed by atoms with E-state index in [9.17, 15) is 4.79 Å². The molecule has 0 bridgehead atoms. The first-order chi connectivity index (χ1) is 12.6. The molecule has 6 heteroatoms. The molecule has 0 saturated carbocycles.